The predicted molar refractivity (Wildman–Crippen MR) is 110 cm³/mol. The molecule has 0 aliphatic carbocycles. The van der Waals surface area contributed by atoms with Crippen molar-refractivity contribution in [2.45, 2.75) is 31.1 Å². The highest BCUT2D eigenvalue weighted by Gasteiger charge is 2.29. The van der Waals surface area contributed by atoms with E-state index in [1.165, 1.54) is 11.8 Å². The number of carbonyl (C=O) groups is 1. The van der Waals surface area contributed by atoms with Gasteiger partial charge in [-0.25, -0.2) is 13.4 Å². The Hall–Kier alpha value is -2.20. The molecule has 2 aliphatic rings. The number of amides is 1. The molecule has 156 valence electrons. The molecule has 1 aromatic heterocycles. The minimum atomic E-state index is -3.01. The molecule has 0 radical (unpaired) electrons. The summed E-state index contributed by atoms with van der Waals surface area (Å²) in [4.78, 5) is 16.7. The molecule has 0 bridgehead atoms. The number of sulfone groups is 1. The Morgan fingerprint density at radius 3 is 2.83 bits per heavy atom. The largest absolute Gasteiger partial charge is 0.486 e. The molecular weight excluding hydrogens is 414 g/mol. The molecule has 1 fully saturated rings. The summed E-state index contributed by atoms with van der Waals surface area (Å²) in [5, 5.41) is 3.55. The SMILES string of the molecule is CCn1c(-c2ccc3c(c2)OCCO3)cnc1SCC(=O)N[C@H]1CCS(=O)(=O)C1. The summed E-state index contributed by atoms with van der Waals surface area (Å²) in [5.41, 5.74) is 1.91. The van der Waals surface area contributed by atoms with Crippen LogP contribution in [-0.2, 0) is 21.2 Å². The van der Waals surface area contributed by atoms with E-state index in [2.05, 4.69) is 10.3 Å². The fraction of sp³-hybridized carbons (Fsp3) is 0.474. The fourth-order valence-electron chi connectivity index (χ4n) is 3.52. The second-order valence-corrected chi connectivity index (χ2v) is 10.2. The lowest BCUT2D eigenvalue weighted by molar-refractivity contribution is -0.119. The van der Waals surface area contributed by atoms with Crippen LogP contribution in [-0.4, -0.2) is 60.4 Å². The molecule has 0 unspecified atom stereocenters. The van der Waals surface area contributed by atoms with Crippen molar-refractivity contribution in [3.05, 3.63) is 24.4 Å². The first kappa shape index (κ1) is 20.1. The van der Waals surface area contributed by atoms with E-state index >= 15 is 0 Å². The summed E-state index contributed by atoms with van der Waals surface area (Å²) in [6, 6.07) is 5.53. The minimum absolute atomic E-state index is 0.0290. The number of aromatic nitrogens is 2. The lowest BCUT2D eigenvalue weighted by Gasteiger charge is -2.19. The number of fused-ring (bicyclic) bond motifs is 1. The van der Waals surface area contributed by atoms with Crippen LogP contribution in [0.2, 0.25) is 0 Å². The van der Waals surface area contributed by atoms with Crippen molar-refractivity contribution in [1.29, 1.82) is 0 Å². The number of thioether (sulfide) groups is 1. The number of nitrogens with zero attached hydrogens (tertiary/aromatic N) is 2. The molecule has 0 saturated carbocycles. The van der Waals surface area contributed by atoms with Crippen molar-refractivity contribution < 1.29 is 22.7 Å². The Kier molecular flexibility index (Phi) is 5.73. The maximum atomic E-state index is 12.2. The summed E-state index contributed by atoms with van der Waals surface area (Å²) in [7, 11) is -3.01. The van der Waals surface area contributed by atoms with Crippen LogP contribution in [0.15, 0.2) is 29.6 Å². The molecule has 2 aromatic rings. The lowest BCUT2D eigenvalue weighted by Crippen LogP contribution is -2.36. The van der Waals surface area contributed by atoms with Crippen LogP contribution in [0.25, 0.3) is 11.3 Å². The van der Waals surface area contributed by atoms with Crippen molar-refractivity contribution in [2.24, 2.45) is 0 Å². The number of hydrogen-bond donors (Lipinski definition) is 1. The van der Waals surface area contributed by atoms with E-state index in [-0.39, 0.29) is 29.2 Å². The van der Waals surface area contributed by atoms with Crippen LogP contribution in [0.1, 0.15) is 13.3 Å². The molecule has 10 heteroatoms. The third-order valence-corrected chi connectivity index (χ3v) is 7.66. The van der Waals surface area contributed by atoms with Gasteiger partial charge in [-0.15, -0.1) is 0 Å². The topological polar surface area (TPSA) is 99.5 Å². The fourth-order valence-corrected chi connectivity index (χ4v) is 6.05. The normalized spacial score (nSPS) is 19.8. The van der Waals surface area contributed by atoms with Gasteiger partial charge in [0.15, 0.2) is 26.5 Å². The summed E-state index contributed by atoms with van der Waals surface area (Å²) in [6.45, 7) is 3.81. The van der Waals surface area contributed by atoms with Crippen molar-refractivity contribution >= 4 is 27.5 Å². The average Bonchev–Trinajstić information content (AvgIpc) is 3.28. The van der Waals surface area contributed by atoms with Gasteiger partial charge < -0.3 is 19.4 Å². The predicted octanol–water partition coefficient (Wildman–Crippen LogP) is 1.74. The van der Waals surface area contributed by atoms with Crippen molar-refractivity contribution in [1.82, 2.24) is 14.9 Å². The standard InChI is InChI=1S/C19H23N3O5S2/c1-2-22-15(13-3-4-16-17(9-13)27-7-6-26-16)10-20-19(22)28-11-18(23)21-14-5-8-29(24,25)12-14/h3-4,9-10,14H,2,5-8,11-12H2,1H3,(H,21,23)/t14-/m0/s1. The highest BCUT2D eigenvalue weighted by Crippen LogP contribution is 2.35. The number of nitrogens with one attached hydrogen (secondary N) is 1. The van der Waals surface area contributed by atoms with Crippen molar-refractivity contribution in [3.8, 4) is 22.8 Å². The first-order valence-electron chi connectivity index (χ1n) is 9.53. The van der Waals surface area contributed by atoms with Gasteiger partial charge in [-0.1, -0.05) is 11.8 Å². The molecule has 1 N–H and O–H groups in total. The molecule has 1 aromatic carbocycles. The zero-order valence-electron chi connectivity index (χ0n) is 16.1. The molecule has 1 saturated heterocycles. The Labute approximate surface area is 173 Å². The molecule has 2 aliphatic heterocycles. The van der Waals surface area contributed by atoms with Crippen LogP contribution in [0.3, 0.4) is 0 Å². The van der Waals surface area contributed by atoms with Crippen molar-refractivity contribution in [3.63, 3.8) is 0 Å². The van der Waals surface area contributed by atoms with E-state index in [9.17, 15) is 13.2 Å². The third kappa shape index (κ3) is 4.53. The van der Waals surface area contributed by atoms with Crippen LogP contribution >= 0.6 is 11.8 Å². The second kappa shape index (κ2) is 8.27. The van der Waals surface area contributed by atoms with Gasteiger partial charge >= 0.3 is 0 Å². The zero-order valence-corrected chi connectivity index (χ0v) is 17.7. The average molecular weight is 438 g/mol. The maximum absolute atomic E-state index is 12.2. The molecular formula is C19H23N3O5S2. The van der Waals surface area contributed by atoms with Gasteiger partial charge in [0, 0.05) is 18.2 Å². The van der Waals surface area contributed by atoms with Crippen LogP contribution in [0.5, 0.6) is 11.5 Å². The van der Waals surface area contributed by atoms with Crippen LogP contribution in [0.4, 0.5) is 0 Å². The lowest BCUT2D eigenvalue weighted by atomic mass is 10.1. The van der Waals surface area contributed by atoms with E-state index < -0.39 is 9.84 Å². The van der Waals surface area contributed by atoms with E-state index in [0.717, 1.165) is 27.9 Å². The first-order chi connectivity index (χ1) is 13.9. The van der Waals surface area contributed by atoms with Gasteiger partial charge in [0.2, 0.25) is 5.91 Å². The highest BCUT2D eigenvalue weighted by molar-refractivity contribution is 7.99. The highest BCUT2D eigenvalue weighted by atomic mass is 32.2. The summed E-state index contributed by atoms with van der Waals surface area (Å²) < 4.78 is 36.3. The number of ether oxygens (including phenoxy) is 2. The van der Waals surface area contributed by atoms with Crippen molar-refractivity contribution in [2.75, 3.05) is 30.5 Å². The molecule has 1 amide bonds. The number of rotatable bonds is 6. The first-order valence-corrected chi connectivity index (χ1v) is 12.3. The molecule has 1 atom stereocenters. The van der Waals surface area contributed by atoms with E-state index in [4.69, 9.17) is 9.47 Å². The molecule has 3 heterocycles. The van der Waals surface area contributed by atoms with Gasteiger partial charge in [-0.05, 0) is 31.5 Å². The van der Waals surface area contributed by atoms with E-state index in [1.54, 1.807) is 6.20 Å². The summed E-state index contributed by atoms with van der Waals surface area (Å²) in [6.07, 6.45) is 2.27. The Morgan fingerprint density at radius 1 is 1.31 bits per heavy atom. The Balaban J connectivity index is 1.43. The molecule has 4 rings (SSSR count). The quantitative estimate of drug-likeness (QED) is 0.687. The zero-order chi connectivity index (χ0) is 20.4. The van der Waals surface area contributed by atoms with Crippen LogP contribution < -0.4 is 14.8 Å². The Bertz CT molecular complexity index is 1020. The summed E-state index contributed by atoms with van der Waals surface area (Å²) >= 11 is 1.34. The Morgan fingerprint density at radius 2 is 2.10 bits per heavy atom. The minimum Gasteiger partial charge on any atom is -0.486 e. The van der Waals surface area contributed by atoms with Gasteiger partial charge in [0.05, 0.1) is 29.1 Å². The number of hydrogen-bond acceptors (Lipinski definition) is 7. The molecule has 29 heavy (non-hydrogen) atoms. The smallest absolute Gasteiger partial charge is 0.230 e. The maximum Gasteiger partial charge on any atom is 0.230 e. The molecule has 8 nitrogen and oxygen atoms in total. The molecule has 0 spiro atoms. The number of carbonyl (C=O) groups excluding carboxylic acids is 1. The van der Waals surface area contributed by atoms with Gasteiger partial charge in [-0.2, -0.15) is 0 Å². The third-order valence-electron chi connectivity index (χ3n) is 4.90. The summed E-state index contributed by atoms with van der Waals surface area (Å²) in [5.74, 6) is 1.64. The number of benzene rings is 1. The van der Waals surface area contributed by atoms with Crippen LogP contribution in [0, 0.1) is 0 Å². The van der Waals surface area contributed by atoms with Gasteiger partial charge in [-0.3, -0.25) is 4.79 Å². The van der Waals surface area contributed by atoms with Gasteiger partial charge in [0.1, 0.15) is 13.2 Å². The van der Waals surface area contributed by atoms with E-state index in [0.29, 0.717) is 26.2 Å². The van der Waals surface area contributed by atoms with E-state index in [1.807, 2.05) is 29.7 Å². The number of imidazole rings is 1. The monoisotopic (exact) mass is 437 g/mol. The van der Waals surface area contributed by atoms with Gasteiger partial charge in [0.25, 0.3) is 0 Å². The second-order valence-electron chi connectivity index (χ2n) is 6.98.